The van der Waals surface area contributed by atoms with Gasteiger partial charge in [0.25, 0.3) is 0 Å². The minimum absolute atomic E-state index is 0. The van der Waals surface area contributed by atoms with Crippen molar-refractivity contribution < 1.29 is 9.53 Å². The Kier molecular flexibility index (Phi) is 7.74. The van der Waals surface area contributed by atoms with Crippen molar-refractivity contribution >= 4 is 18.3 Å². The van der Waals surface area contributed by atoms with E-state index in [1.165, 1.54) is 0 Å². The van der Waals surface area contributed by atoms with Crippen molar-refractivity contribution in [2.45, 2.75) is 12.8 Å². The summed E-state index contributed by atoms with van der Waals surface area (Å²) in [4.78, 5) is 13.3. The standard InChI is InChI=1S/C10H20N2O2.ClH/c1-11-7-10(13)12(2)8-9-3-5-14-6-4-9;/h9,11H,3-8H2,1-2H3;1H. The zero-order chi connectivity index (χ0) is 10.4. The van der Waals surface area contributed by atoms with E-state index < -0.39 is 0 Å². The number of nitrogens with one attached hydrogen (secondary N) is 1. The molecule has 1 fully saturated rings. The van der Waals surface area contributed by atoms with Gasteiger partial charge in [0, 0.05) is 26.8 Å². The van der Waals surface area contributed by atoms with Gasteiger partial charge in [0.15, 0.2) is 0 Å². The lowest BCUT2D eigenvalue weighted by molar-refractivity contribution is -0.129. The van der Waals surface area contributed by atoms with Gasteiger partial charge in [-0.3, -0.25) is 4.79 Å². The van der Waals surface area contributed by atoms with Gasteiger partial charge in [-0.2, -0.15) is 0 Å². The largest absolute Gasteiger partial charge is 0.381 e. The molecule has 0 atom stereocenters. The maximum Gasteiger partial charge on any atom is 0.236 e. The van der Waals surface area contributed by atoms with Crippen LogP contribution in [0.5, 0.6) is 0 Å². The van der Waals surface area contributed by atoms with Crippen LogP contribution in [-0.2, 0) is 9.53 Å². The van der Waals surface area contributed by atoms with E-state index in [1.807, 2.05) is 11.9 Å². The van der Waals surface area contributed by atoms with Gasteiger partial charge in [0.05, 0.1) is 6.54 Å². The quantitative estimate of drug-likeness (QED) is 0.774. The highest BCUT2D eigenvalue weighted by atomic mass is 35.5. The van der Waals surface area contributed by atoms with Crippen LogP contribution in [0.4, 0.5) is 0 Å². The predicted octanol–water partition coefficient (Wildman–Crippen LogP) is 0.513. The van der Waals surface area contributed by atoms with Crippen LogP contribution in [0.2, 0.25) is 0 Å². The van der Waals surface area contributed by atoms with Crippen molar-refractivity contribution in [3.05, 3.63) is 0 Å². The van der Waals surface area contributed by atoms with E-state index in [9.17, 15) is 4.79 Å². The molecule has 1 amide bonds. The molecule has 0 aromatic heterocycles. The van der Waals surface area contributed by atoms with E-state index in [0.717, 1.165) is 32.6 Å². The molecule has 1 rings (SSSR count). The molecule has 1 heterocycles. The fourth-order valence-electron chi connectivity index (χ4n) is 1.70. The molecule has 0 bridgehead atoms. The Labute approximate surface area is 97.8 Å². The Balaban J connectivity index is 0.00000196. The van der Waals surface area contributed by atoms with Crippen molar-refractivity contribution in [2.24, 2.45) is 5.92 Å². The third kappa shape index (κ3) is 5.35. The molecule has 4 nitrogen and oxygen atoms in total. The molecule has 5 heteroatoms. The third-order valence-corrected chi connectivity index (χ3v) is 2.63. The van der Waals surface area contributed by atoms with Crippen LogP contribution >= 0.6 is 12.4 Å². The van der Waals surface area contributed by atoms with Crippen molar-refractivity contribution in [3.8, 4) is 0 Å². The summed E-state index contributed by atoms with van der Waals surface area (Å²) in [6.45, 7) is 2.99. The fourth-order valence-corrected chi connectivity index (χ4v) is 1.70. The Hall–Kier alpha value is -0.320. The maximum absolute atomic E-state index is 11.4. The molecule has 0 aromatic rings. The number of likely N-dealkylation sites (N-methyl/N-ethyl adjacent to an activating group) is 2. The fraction of sp³-hybridized carbons (Fsp3) is 0.900. The van der Waals surface area contributed by atoms with Gasteiger partial charge in [-0.05, 0) is 25.8 Å². The minimum Gasteiger partial charge on any atom is -0.381 e. The van der Waals surface area contributed by atoms with Crippen LogP contribution < -0.4 is 5.32 Å². The third-order valence-electron chi connectivity index (χ3n) is 2.63. The first-order valence-electron chi connectivity index (χ1n) is 5.20. The first-order chi connectivity index (χ1) is 6.74. The zero-order valence-electron chi connectivity index (χ0n) is 9.49. The van der Waals surface area contributed by atoms with Crippen molar-refractivity contribution in [1.29, 1.82) is 0 Å². The molecule has 1 aliphatic heterocycles. The molecule has 0 spiro atoms. The van der Waals surface area contributed by atoms with Gasteiger partial charge in [0.1, 0.15) is 0 Å². The number of hydrogen-bond acceptors (Lipinski definition) is 3. The Bertz CT molecular complexity index is 184. The molecule has 90 valence electrons. The molecular weight excluding hydrogens is 216 g/mol. The average molecular weight is 237 g/mol. The van der Waals surface area contributed by atoms with Crippen LogP contribution in [0.1, 0.15) is 12.8 Å². The molecule has 0 unspecified atom stereocenters. The first kappa shape index (κ1) is 14.7. The summed E-state index contributed by atoms with van der Waals surface area (Å²) >= 11 is 0. The summed E-state index contributed by atoms with van der Waals surface area (Å²) in [5.74, 6) is 0.786. The number of hydrogen-bond donors (Lipinski definition) is 1. The van der Waals surface area contributed by atoms with E-state index in [2.05, 4.69) is 5.32 Å². The second-order valence-electron chi connectivity index (χ2n) is 3.86. The molecule has 15 heavy (non-hydrogen) atoms. The molecule has 1 saturated heterocycles. The van der Waals surface area contributed by atoms with Gasteiger partial charge in [0.2, 0.25) is 5.91 Å². The molecule has 0 aromatic carbocycles. The zero-order valence-corrected chi connectivity index (χ0v) is 10.3. The van der Waals surface area contributed by atoms with Gasteiger partial charge >= 0.3 is 0 Å². The number of carbonyl (C=O) groups is 1. The van der Waals surface area contributed by atoms with Crippen molar-refractivity contribution in [2.75, 3.05) is 40.4 Å². The predicted molar refractivity (Wildman–Crippen MR) is 62.4 cm³/mol. The second-order valence-corrected chi connectivity index (χ2v) is 3.86. The molecule has 0 aliphatic carbocycles. The monoisotopic (exact) mass is 236 g/mol. The lowest BCUT2D eigenvalue weighted by Gasteiger charge is -2.27. The minimum atomic E-state index is 0. The number of carbonyl (C=O) groups excluding carboxylic acids is 1. The Morgan fingerprint density at radius 3 is 2.60 bits per heavy atom. The second kappa shape index (κ2) is 7.91. The number of nitrogens with zero attached hydrogens (tertiary/aromatic N) is 1. The van der Waals surface area contributed by atoms with E-state index in [-0.39, 0.29) is 18.3 Å². The van der Waals surface area contributed by atoms with E-state index in [0.29, 0.717) is 12.5 Å². The van der Waals surface area contributed by atoms with Crippen LogP contribution in [0.3, 0.4) is 0 Å². The lowest BCUT2D eigenvalue weighted by atomic mass is 10.00. The highest BCUT2D eigenvalue weighted by Gasteiger charge is 2.17. The molecule has 0 saturated carbocycles. The Morgan fingerprint density at radius 2 is 2.07 bits per heavy atom. The van der Waals surface area contributed by atoms with Crippen molar-refractivity contribution in [1.82, 2.24) is 10.2 Å². The van der Waals surface area contributed by atoms with Gasteiger partial charge in [-0.1, -0.05) is 0 Å². The summed E-state index contributed by atoms with van der Waals surface area (Å²) in [5.41, 5.74) is 0. The highest BCUT2D eigenvalue weighted by Crippen LogP contribution is 2.15. The number of rotatable bonds is 4. The van der Waals surface area contributed by atoms with E-state index in [4.69, 9.17) is 4.74 Å². The summed E-state index contributed by atoms with van der Waals surface area (Å²) in [5, 5.41) is 2.87. The summed E-state index contributed by atoms with van der Waals surface area (Å²) < 4.78 is 5.27. The average Bonchev–Trinajstić information content (AvgIpc) is 2.19. The summed E-state index contributed by atoms with van der Waals surface area (Å²) in [6.07, 6.45) is 2.16. The van der Waals surface area contributed by atoms with E-state index >= 15 is 0 Å². The van der Waals surface area contributed by atoms with Crippen LogP contribution in [0, 0.1) is 5.92 Å². The smallest absolute Gasteiger partial charge is 0.236 e. The van der Waals surface area contributed by atoms with Crippen molar-refractivity contribution in [3.63, 3.8) is 0 Å². The van der Waals surface area contributed by atoms with Gasteiger partial charge in [-0.15, -0.1) is 12.4 Å². The normalized spacial score (nSPS) is 16.9. The van der Waals surface area contributed by atoms with Gasteiger partial charge < -0.3 is 15.0 Å². The van der Waals surface area contributed by atoms with Crippen LogP contribution in [-0.4, -0.2) is 51.2 Å². The molecular formula is C10H21ClN2O2. The lowest BCUT2D eigenvalue weighted by Crippen LogP contribution is -2.38. The van der Waals surface area contributed by atoms with Crippen LogP contribution in [0.25, 0.3) is 0 Å². The Morgan fingerprint density at radius 1 is 1.47 bits per heavy atom. The number of ether oxygens (including phenoxy) is 1. The summed E-state index contributed by atoms with van der Waals surface area (Å²) in [7, 11) is 3.66. The van der Waals surface area contributed by atoms with E-state index in [1.54, 1.807) is 7.05 Å². The number of amides is 1. The first-order valence-corrected chi connectivity index (χ1v) is 5.20. The maximum atomic E-state index is 11.4. The highest BCUT2D eigenvalue weighted by molar-refractivity contribution is 5.85. The molecule has 1 aliphatic rings. The number of halogens is 1. The van der Waals surface area contributed by atoms with Crippen LogP contribution in [0.15, 0.2) is 0 Å². The summed E-state index contributed by atoms with van der Waals surface area (Å²) in [6, 6.07) is 0. The SMILES string of the molecule is CNCC(=O)N(C)CC1CCOCC1.Cl. The van der Waals surface area contributed by atoms with Gasteiger partial charge in [-0.25, -0.2) is 0 Å². The molecule has 1 N–H and O–H groups in total. The topological polar surface area (TPSA) is 41.6 Å². The molecule has 0 radical (unpaired) electrons.